The molecule has 0 saturated carbocycles. The number of hydrogen-bond donors (Lipinski definition) is 1. The molecule has 0 amide bonds. The molecule has 1 aromatic carbocycles. The Hall–Kier alpha value is -3.72. The van der Waals surface area contributed by atoms with Gasteiger partial charge in [-0.2, -0.15) is 0 Å². The summed E-state index contributed by atoms with van der Waals surface area (Å²) in [5.41, 5.74) is 2.03. The summed E-state index contributed by atoms with van der Waals surface area (Å²) in [6, 6.07) is 16.1. The van der Waals surface area contributed by atoms with E-state index in [-0.39, 0.29) is 18.1 Å². The Bertz CT molecular complexity index is 1180. The van der Waals surface area contributed by atoms with Crippen molar-refractivity contribution in [3.63, 3.8) is 0 Å². The van der Waals surface area contributed by atoms with Crippen molar-refractivity contribution in [2.45, 2.75) is 24.9 Å². The molecule has 2 atom stereocenters. The summed E-state index contributed by atoms with van der Waals surface area (Å²) in [4.78, 5) is 30.1. The Kier molecular flexibility index (Phi) is 7.22. The van der Waals surface area contributed by atoms with Gasteiger partial charge in [0.2, 0.25) is 0 Å². The fourth-order valence-electron chi connectivity index (χ4n) is 4.04. The van der Waals surface area contributed by atoms with Crippen LogP contribution in [0.3, 0.4) is 0 Å². The van der Waals surface area contributed by atoms with Gasteiger partial charge in [-0.05, 0) is 55.0 Å². The maximum absolute atomic E-state index is 11.9. The molecule has 34 heavy (non-hydrogen) atoms. The van der Waals surface area contributed by atoms with E-state index in [9.17, 15) is 9.59 Å². The minimum absolute atomic E-state index is 0.229. The lowest BCUT2D eigenvalue weighted by molar-refractivity contribution is -0.140. The molecule has 1 saturated heterocycles. The number of pyridine rings is 1. The van der Waals surface area contributed by atoms with Crippen LogP contribution in [0.25, 0.3) is 11.3 Å². The van der Waals surface area contributed by atoms with Gasteiger partial charge < -0.3 is 24.1 Å². The molecule has 8 nitrogen and oxygen atoms in total. The second-order valence-electron chi connectivity index (χ2n) is 7.77. The summed E-state index contributed by atoms with van der Waals surface area (Å²) < 4.78 is 15.9. The van der Waals surface area contributed by atoms with Crippen molar-refractivity contribution < 1.29 is 23.5 Å². The first-order valence-corrected chi connectivity index (χ1v) is 11.3. The Morgan fingerprint density at radius 3 is 2.71 bits per heavy atom. The van der Waals surface area contributed by atoms with Gasteiger partial charge >= 0.3 is 11.9 Å². The van der Waals surface area contributed by atoms with E-state index in [0.717, 1.165) is 11.3 Å². The van der Waals surface area contributed by atoms with Gasteiger partial charge in [0.1, 0.15) is 17.6 Å². The number of nitrogens with one attached hydrogen (secondary N) is 1. The average molecular weight is 480 g/mol. The van der Waals surface area contributed by atoms with E-state index in [1.165, 1.54) is 14.2 Å². The normalized spacial score (nSPS) is 17.4. The molecule has 0 aliphatic carbocycles. The van der Waals surface area contributed by atoms with Crippen LogP contribution in [0.5, 0.6) is 0 Å². The first kappa shape index (κ1) is 23.4. The fraction of sp³-hybridized carbons (Fsp3) is 0.280. The lowest BCUT2D eigenvalue weighted by Crippen LogP contribution is -2.30. The minimum atomic E-state index is -0.411. The Morgan fingerprint density at radius 1 is 1.12 bits per heavy atom. The maximum Gasteiger partial charge on any atom is 0.337 e. The number of carbonyl (C=O) groups is 2. The fourth-order valence-corrected chi connectivity index (χ4v) is 4.37. The number of nitrogens with zero attached hydrogens (tertiary/aromatic N) is 2. The molecule has 0 radical (unpaired) electrons. The zero-order chi connectivity index (χ0) is 24.1. The van der Waals surface area contributed by atoms with Gasteiger partial charge in [0, 0.05) is 24.7 Å². The number of aromatic nitrogens is 1. The summed E-state index contributed by atoms with van der Waals surface area (Å²) in [5.74, 6) is 0.639. The zero-order valence-electron chi connectivity index (χ0n) is 18.9. The Morgan fingerprint density at radius 2 is 1.97 bits per heavy atom. The standard InChI is InChI=1S/C25H25N3O5S/c1-31-21(29)10-6-14-28-23(22(27-25(28)34)18-9-3-4-13-26-18)20-12-11-19(33-20)16-7-5-8-17(15-16)24(30)32-2/h3-5,7-9,11-13,15,22-23H,6,10,14H2,1-2H3,(H,27,34)/t22-,23-/m0/s1. The van der Waals surface area contributed by atoms with E-state index in [1.54, 1.807) is 24.4 Å². The SMILES string of the molecule is COC(=O)CCCN1C(=S)N[C@@H](c2ccccn2)[C@@H]1c1ccc(-c2cccc(C(=O)OC)c2)o1. The molecule has 4 rings (SSSR count). The third kappa shape index (κ3) is 4.94. The molecule has 0 unspecified atom stereocenters. The van der Waals surface area contributed by atoms with E-state index in [1.807, 2.05) is 41.3 Å². The van der Waals surface area contributed by atoms with Gasteiger partial charge in [-0.15, -0.1) is 0 Å². The largest absolute Gasteiger partial charge is 0.469 e. The van der Waals surface area contributed by atoms with E-state index in [0.29, 0.717) is 41.6 Å². The quantitative estimate of drug-likeness (QED) is 0.379. The van der Waals surface area contributed by atoms with Gasteiger partial charge in [0.25, 0.3) is 0 Å². The molecule has 9 heteroatoms. The van der Waals surface area contributed by atoms with Crippen molar-refractivity contribution in [1.29, 1.82) is 0 Å². The number of furan rings is 1. The van der Waals surface area contributed by atoms with Crippen molar-refractivity contribution in [3.8, 4) is 11.3 Å². The van der Waals surface area contributed by atoms with Crippen LogP contribution < -0.4 is 5.32 Å². The van der Waals surface area contributed by atoms with Crippen molar-refractivity contribution >= 4 is 29.3 Å². The number of benzene rings is 1. The third-order valence-electron chi connectivity index (χ3n) is 5.69. The second-order valence-corrected chi connectivity index (χ2v) is 8.16. The molecule has 1 N–H and O–H groups in total. The van der Waals surface area contributed by atoms with Crippen molar-refractivity contribution in [3.05, 3.63) is 77.8 Å². The lowest BCUT2D eigenvalue weighted by Gasteiger charge is -2.25. The summed E-state index contributed by atoms with van der Waals surface area (Å²) in [7, 11) is 2.73. The first-order chi connectivity index (χ1) is 16.5. The monoisotopic (exact) mass is 479 g/mol. The molecule has 0 bridgehead atoms. The highest BCUT2D eigenvalue weighted by Gasteiger charge is 2.41. The molecule has 0 spiro atoms. The molecule has 1 fully saturated rings. The molecular formula is C25H25N3O5S. The number of methoxy groups -OCH3 is 2. The van der Waals surface area contributed by atoms with Crippen LogP contribution in [-0.2, 0) is 14.3 Å². The van der Waals surface area contributed by atoms with Gasteiger partial charge in [0.15, 0.2) is 5.11 Å². The Labute approximate surface area is 202 Å². The first-order valence-electron chi connectivity index (χ1n) is 10.8. The highest BCUT2D eigenvalue weighted by Crippen LogP contribution is 2.40. The number of rotatable bonds is 8. The van der Waals surface area contributed by atoms with Crippen LogP contribution in [0.1, 0.15) is 46.7 Å². The third-order valence-corrected chi connectivity index (χ3v) is 6.04. The van der Waals surface area contributed by atoms with Gasteiger partial charge in [0.05, 0.1) is 31.5 Å². The highest BCUT2D eigenvalue weighted by atomic mass is 32.1. The van der Waals surface area contributed by atoms with E-state index < -0.39 is 5.97 Å². The summed E-state index contributed by atoms with van der Waals surface area (Å²) in [6.07, 6.45) is 2.61. The van der Waals surface area contributed by atoms with E-state index in [4.69, 9.17) is 26.1 Å². The average Bonchev–Trinajstić information content (AvgIpc) is 3.49. The van der Waals surface area contributed by atoms with Gasteiger partial charge in [-0.1, -0.05) is 18.2 Å². The summed E-state index contributed by atoms with van der Waals surface area (Å²) in [5, 5.41) is 3.93. The predicted octanol–water partition coefficient (Wildman–Crippen LogP) is 4.05. The van der Waals surface area contributed by atoms with Crippen LogP contribution in [0.15, 0.2) is 65.2 Å². The van der Waals surface area contributed by atoms with Crippen LogP contribution >= 0.6 is 12.2 Å². The topological polar surface area (TPSA) is 93.9 Å². The number of hydrogen-bond acceptors (Lipinski definition) is 7. The maximum atomic E-state index is 11.9. The van der Waals surface area contributed by atoms with Crippen molar-refractivity contribution in [2.24, 2.45) is 0 Å². The second kappa shape index (κ2) is 10.5. The van der Waals surface area contributed by atoms with Crippen molar-refractivity contribution in [2.75, 3.05) is 20.8 Å². The molecule has 3 aromatic rings. The van der Waals surface area contributed by atoms with Crippen LogP contribution in [-0.4, -0.2) is 47.7 Å². The van der Waals surface area contributed by atoms with E-state index >= 15 is 0 Å². The number of esters is 2. The summed E-state index contributed by atoms with van der Waals surface area (Å²) >= 11 is 5.64. The number of carbonyl (C=O) groups excluding carboxylic acids is 2. The molecular weight excluding hydrogens is 454 g/mol. The predicted molar refractivity (Wildman–Crippen MR) is 129 cm³/mol. The van der Waals surface area contributed by atoms with Crippen molar-refractivity contribution in [1.82, 2.24) is 15.2 Å². The van der Waals surface area contributed by atoms with Crippen LogP contribution in [0, 0.1) is 0 Å². The minimum Gasteiger partial charge on any atom is -0.469 e. The number of ether oxygens (including phenoxy) is 2. The van der Waals surface area contributed by atoms with E-state index in [2.05, 4.69) is 10.3 Å². The smallest absolute Gasteiger partial charge is 0.337 e. The van der Waals surface area contributed by atoms with Crippen LogP contribution in [0.2, 0.25) is 0 Å². The molecule has 1 aliphatic rings. The Balaban J connectivity index is 1.65. The molecule has 1 aliphatic heterocycles. The van der Waals surface area contributed by atoms with Gasteiger partial charge in [-0.25, -0.2) is 4.79 Å². The van der Waals surface area contributed by atoms with Gasteiger partial charge in [-0.3, -0.25) is 9.78 Å². The molecule has 176 valence electrons. The molecule has 3 heterocycles. The lowest BCUT2D eigenvalue weighted by atomic mass is 10.0. The summed E-state index contributed by atoms with van der Waals surface area (Å²) in [6.45, 7) is 0.544. The molecule has 2 aromatic heterocycles. The van der Waals surface area contributed by atoms with Crippen LogP contribution in [0.4, 0.5) is 0 Å². The zero-order valence-corrected chi connectivity index (χ0v) is 19.7. The number of thiocarbonyl (C=S) groups is 1. The highest BCUT2D eigenvalue weighted by molar-refractivity contribution is 7.80.